The maximum atomic E-state index is 12.7. The zero-order chi connectivity index (χ0) is 19.5. The topological polar surface area (TPSA) is 64.7 Å². The van der Waals surface area contributed by atoms with E-state index < -0.39 is 0 Å². The fourth-order valence-electron chi connectivity index (χ4n) is 3.41. The molecular formula is C22H23N5O. The van der Waals surface area contributed by atoms with Crippen LogP contribution < -0.4 is 10.9 Å². The van der Waals surface area contributed by atoms with Gasteiger partial charge >= 0.3 is 0 Å². The van der Waals surface area contributed by atoms with Crippen LogP contribution >= 0.6 is 0 Å². The minimum absolute atomic E-state index is 0.00584. The van der Waals surface area contributed by atoms with Crippen LogP contribution in [0.4, 0.5) is 0 Å². The van der Waals surface area contributed by atoms with Gasteiger partial charge in [-0.1, -0.05) is 30.3 Å². The zero-order valence-corrected chi connectivity index (χ0v) is 16.0. The molecule has 4 aromatic rings. The number of para-hydroxylation sites is 2. The quantitative estimate of drug-likeness (QED) is 0.564. The number of nitrogens with zero attached hydrogens (tertiary/aromatic N) is 4. The summed E-state index contributed by atoms with van der Waals surface area (Å²) in [5.41, 5.74) is 3.02. The molecule has 0 spiro atoms. The predicted molar refractivity (Wildman–Crippen MR) is 111 cm³/mol. The van der Waals surface area contributed by atoms with Crippen molar-refractivity contribution in [1.82, 2.24) is 24.4 Å². The van der Waals surface area contributed by atoms with Crippen LogP contribution in [0.5, 0.6) is 0 Å². The first-order valence-corrected chi connectivity index (χ1v) is 9.39. The average Bonchev–Trinajstić information content (AvgIpc) is 3.15. The lowest BCUT2D eigenvalue weighted by Crippen LogP contribution is -2.34. The molecule has 0 bridgehead atoms. The SMILES string of the molecule is Cc1nccn1-c1ccccc1CNC(C)Cn1cnc2ccccc2c1=O. The number of hydrogen-bond donors (Lipinski definition) is 1. The van der Waals surface area contributed by atoms with Crippen LogP contribution in [0.1, 0.15) is 18.3 Å². The molecule has 4 rings (SSSR count). The summed E-state index contributed by atoms with van der Waals surface area (Å²) in [4.78, 5) is 21.4. The van der Waals surface area contributed by atoms with Crippen LogP contribution in [-0.4, -0.2) is 25.1 Å². The molecule has 142 valence electrons. The van der Waals surface area contributed by atoms with Gasteiger partial charge in [0.2, 0.25) is 0 Å². The molecule has 0 amide bonds. The van der Waals surface area contributed by atoms with Crippen LogP contribution in [0, 0.1) is 6.92 Å². The van der Waals surface area contributed by atoms with E-state index in [0.717, 1.165) is 17.0 Å². The summed E-state index contributed by atoms with van der Waals surface area (Å²) in [7, 11) is 0. The predicted octanol–water partition coefficient (Wildman–Crippen LogP) is 3.07. The lowest BCUT2D eigenvalue weighted by molar-refractivity contribution is 0.467. The number of aryl methyl sites for hydroxylation is 1. The third-order valence-electron chi connectivity index (χ3n) is 4.92. The first-order valence-electron chi connectivity index (χ1n) is 9.39. The molecule has 0 aliphatic carbocycles. The lowest BCUT2D eigenvalue weighted by atomic mass is 10.1. The Morgan fingerprint density at radius 1 is 1.07 bits per heavy atom. The van der Waals surface area contributed by atoms with Crippen molar-refractivity contribution in [3.63, 3.8) is 0 Å². The molecule has 1 atom stereocenters. The maximum Gasteiger partial charge on any atom is 0.261 e. The number of aromatic nitrogens is 4. The van der Waals surface area contributed by atoms with E-state index in [1.54, 1.807) is 17.1 Å². The van der Waals surface area contributed by atoms with Gasteiger partial charge in [0.25, 0.3) is 5.56 Å². The van der Waals surface area contributed by atoms with Gasteiger partial charge in [-0.25, -0.2) is 9.97 Å². The van der Waals surface area contributed by atoms with E-state index >= 15 is 0 Å². The number of fused-ring (bicyclic) bond motifs is 1. The van der Waals surface area contributed by atoms with E-state index in [1.807, 2.05) is 49.5 Å². The summed E-state index contributed by atoms with van der Waals surface area (Å²) in [6.07, 6.45) is 5.41. The van der Waals surface area contributed by atoms with Gasteiger partial charge in [-0.05, 0) is 37.6 Å². The Morgan fingerprint density at radius 2 is 1.86 bits per heavy atom. The van der Waals surface area contributed by atoms with Gasteiger partial charge in [-0.15, -0.1) is 0 Å². The molecule has 0 aliphatic rings. The van der Waals surface area contributed by atoms with Gasteiger partial charge in [-0.3, -0.25) is 9.36 Å². The highest BCUT2D eigenvalue weighted by atomic mass is 16.1. The molecule has 6 heteroatoms. The van der Waals surface area contributed by atoms with Crippen molar-refractivity contribution in [3.05, 3.63) is 89.0 Å². The fraction of sp³-hybridized carbons (Fsp3) is 0.227. The first kappa shape index (κ1) is 18.1. The minimum atomic E-state index is -0.00584. The molecule has 2 aromatic carbocycles. The van der Waals surface area contributed by atoms with Gasteiger partial charge in [0.15, 0.2) is 0 Å². The van der Waals surface area contributed by atoms with Gasteiger partial charge < -0.3 is 9.88 Å². The van der Waals surface area contributed by atoms with Crippen LogP contribution in [0.15, 0.2) is 72.0 Å². The molecule has 6 nitrogen and oxygen atoms in total. The fourth-order valence-corrected chi connectivity index (χ4v) is 3.41. The zero-order valence-electron chi connectivity index (χ0n) is 16.0. The molecular weight excluding hydrogens is 350 g/mol. The van der Waals surface area contributed by atoms with E-state index in [0.29, 0.717) is 18.5 Å². The van der Waals surface area contributed by atoms with E-state index in [4.69, 9.17) is 0 Å². The van der Waals surface area contributed by atoms with E-state index in [1.165, 1.54) is 5.56 Å². The number of imidazole rings is 1. The summed E-state index contributed by atoms with van der Waals surface area (Å²) in [6.45, 7) is 5.33. The van der Waals surface area contributed by atoms with Crippen LogP contribution in [0.3, 0.4) is 0 Å². The monoisotopic (exact) mass is 373 g/mol. The second-order valence-electron chi connectivity index (χ2n) is 6.97. The van der Waals surface area contributed by atoms with Crippen molar-refractivity contribution in [3.8, 4) is 5.69 Å². The molecule has 0 radical (unpaired) electrons. The van der Waals surface area contributed by atoms with E-state index in [-0.39, 0.29) is 11.6 Å². The maximum absolute atomic E-state index is 12.7. The second-order valence-corrected chi connectivity index (χ2v) is 6.97. The molecule has 0 saturated carbocycles. The Kier molecular flexibility index (Phi) is 5.04. The summed E-state index contributed by atoms with van der Waals surface area (Å²) in [6, 6.07) is 15.8. The molecule has 2 heterocycles. The molecule has 1 N–H and O–H groups in total. The van der Waals surface area contributed by atoms with Crippen molar-refractivity contribution < 1.29 is 0 Å². The van der Waals surface area contributed by atoms with Crippen LogP contribution in [0.25, 0.3) is 16.6 Å². The van der Waals surface area contributed by atoms with Crippen molar-refractivity contribution in [2.75, 3.05) is 0 Å². The highest BCUT2D eigenvalue weighted by Gasteiger charge is 2.10. The molecule has 2 aromatic heterocycles. The lowest BCUT2D eigenvalue weighted by Gasteiger charge is -2.18. The second kappa shape index (κ2) is 7.78. The molecule has 0 saturated heterocycles. The first-order chi connectivity index (χ1) is 13.6. The number of nitrogens with one attached hydrogen (secondary N) is 1. The number of rotatable bonds is 6. The Morgan fingerprint density at radius 3 is 2.68 bits per heavy atom. The normalized spacial score (nSPS) is 12.4. The number of hydrogen-bond acceptors (Lipinski definition) is 4. The van der Waals surface area contributed by atoms with E-state index in [9.17, 15) is 4.79 Å². The Hall–Kier alpha value is -3.25. The number of benzene rings is 2. The Balaban J connectivity index is 1.49. The minimum Gasteiger partial charge on any atom is -0.308 e. The highest BCUT2D eigenvalue weighted by molar-refractivity contribution is 5.76. The third kappa shape index (κ3) is 3.59. The summed E-state index contributed by atoms with van der Waals surface area (Å²) < 4.78 is 3.76. The van der Waals surface area contributed by atoms with Gasteiger partial charge in [0, 0.05) is 31.5 Å². The summed E-state index contributed by atoms with van der Waals surface area (Å²) in [5, 5.41) is 4.17. The van der Waals surface area contributed by atoms with Crippen LogP contribution in [0.2, 0.25) is 0 Å². The highest BCUT2D eigenvalue weighted by Crippen LogP contribution is 2.16. The standard InChI is InChI=1S/C22H23N5O/c1-16(14-26-15-25-20-9-5-4-8-19(20)22(26)28)24-13-18-7-3-6-10-21(18)27-12-11-23-17(27)2/h3-12,15-16,24H,13-14H2,1-2H3. The van der Waals surface area contributed by atoms with Gasteiger partial charge in [0.1, 0.15) is 5.82 Å². The molecule has 28 heavy (non-hydrogen) atoms. The van der Waals surface area contributed by atoms with Gasteiger partial charge in [-0.2, -0.15) is 0 Å². The van der Waals surface area contributed by atoms with Gasteiger partial charge in [0.05, 0.1) is 22.9 Å². The largest absolute Gasteiger partial charge is 0.308 e. The van der Waals surface area contributed by atoms with Crippen molar-refractivity contribution in [2.24, 2.45) is 0 Å². The summed E-state index contributed by atoms with van der Waals surface area (Å²) >= 11 is 0. The van der Waals surface area contributed by atoms with Crippen LogP contribution in [-0.2, 0) is 13.1 Å². The Labute approximate surface area is 163 Å². The van der Waals surface area contributed by atoms with Crippen molar-refractivity contribution in [2.45, 2.75) is 33.0 Å². The van der Waals surface area contributed by atoms with Crippen molar-refractivity contribution >= 4 is 10.9 Å². The summed E-state index contributed by atoms with van der Waals surface area (Å²) in [5.74, 6) is 0.953. The molecule has 0 fully saturated rings. The Bertz CT molecular complexity index is 1160. The third-order valence-corrected chi connectivity index (χ3v) is 4.92. The smallest absolute Gasteiger partial charge is 0.261 e. The van der Waals surface area contributed by atoms with E-state index in [2.05, 4.69) is 38.9 Å². The van der Waals surface area contributed by atoms with Crippen molar-refractivity contribution in [1.29, 1.82) is 0 Å². The molecule has 0 aliphatic heterocycles. The molecule has 1 unspecified atom stereocenters. The average molecular weight is 373 g/mol.